The van der Waals surface area contributed by atoms with E-state index >= 15 is 0 Å². The molecule has 26 heavy (non-hydrogen) atoms. The van der Waals surface area contributed by atoms with Crippen LogP contribution in [0.25, 0.3) is 0 Å². The fourth-order valence-corrected chi connectivity index (χ4v) is 2.80. The van der Waals surface area contributed by atoms with Crippen LogP contribution in [0.2, 0.25) is 0 Å². The van der Waals surface area contributed by atoms with Gasteiger partial charge in [0.2, 0.25) is 11.8 Å². The molecule has 1 atom stereocenters. The molecule has 2 amide bonds. The molecule has 0 spiro atoms. The Labute approximate surface area is 146 Å². The number of nitrogens with one attached hydrogen (secondary N) is 1. The molecule has 1 aliphatic rings. The summed E-state index contributed by atoms with van der Waals surface area (Å²) in [6.45, 7) is -0.0371. The van der Waals surface area contributed by atoms with Crippen molar-refractivity contribution in [2.24, 2.45) is 5.92 Å². The van der Waals surface area contributed by atoms with Crippen molar-refractivity contribution in [3.8, 4) is 0 Å². The smallest absolute Gasteiger partial charge is 0.326 e. The summed E-state index contributed by atoms with van der Waals surface area (Å²) in [7, 11) is 0. The van der Waals surface area contributed by atoms with E-state index in [-0.39, 0.29) is 24.3 Å². The van der Waals surface area contributed by atoms with Gasteiger partial charge in [-0.2, -0.15) is 13.2 Å². The molecule has 0 saturated carbocycles. The van der Waals surface area contributed by atoms with Gasteiger partial charge in [0.05, 0.1) is 17.2 Å². The largest absolute Gasteiger partial charge is 0.416 e. The minimum Gasteiger partial charge on any atom is -0.326 e. The lowest BCUT2D eigenvalue weighted by molar-refractivity contribution is -0.137. The fourth-order valence-electron chi connectivity index (χ4n) is 2.80. The van der Waals surface area contributed by atoms with E-state index in [1.807, 2.05) is 0 Å². The molecule has 2 aromatic carbocycles. The van der Waals surface area contributed by atoms with Gasteiger partial charge in [0, 0.05) is 18.7 Å². The Morgan fingerprint density at radius 1 is 1.12 bits per heavy atom. The van der Waals surface area contributed by atoms with Gasteiger partial charge >= 0.3 is 6.18 Å². The van der Waals surface area contributed by atoms with Gasteiger partial charge in [0.1, 0.15) is 5.82 Å². The highest BCUT2D eigenvalue weighted by Crippen LogP contribution is 2.31. The van der Waals surface area contributed by atoms with Crippen molar-refractivity contribution in [1.29, 1.82) is 0 Å². The van der Waals surface area contributed by atoms with E-state index in [9.17, 15) is 27.2 Å². The first kappa shape index (κ1) is 17.9. The van der Waals surface area contributed by atoms with Crippen LogP contribution >= 0.6 is 0 Å². The van der Waals surface area contributed by atoms with Crippen LogP contribution in [0.3, 0.4) is 0 Å². The Bertz CT molecular complexity index is 851. The molecule has 2 aromatic rings. The van der Waals surface area contributed by atoms with E-state index in [0.717, 1.165) is 12.1 Å². The first-order valence-electron chi connectivity index (χ1n) is 7.79. The predicted molar refractivity (Wildman–Crippen MR) is 86.9 cm³/mol. The van der Waals surface area contributed by atoms with Crippen molar-refractivity contribution < 1.29 is 27.2 Å². The minimum absolute atomic E-state index is 0.0124. The molecule has 136 valence electrons. The zero-order valence-corrected chi connectivity index (χ0v) is 13.4. The summed E-state index contributed by atoms with van der Waals surface area (Å²) < 4.78 is 52.0. The van der Waals surface area contributed by atoms with Gasteiger partial charge in [-0.15, -0.1) is 0 Å². The highest BCUT2D eigenvalue weighted by atomic mass is 19.4. The van der Waals surface area contributed by atoms with Crippen molar-refractivity contribution in [2.75, 3.05) is 16.8 Å². The molecular formula is C18H14F4N2O2. The molecule has 3 rings (SSSR count). The minimum atomic E-state index is -4.52. The number of hydrogen-bond acceptors (Lipinski definition) is 2. The topological polar surface area (TPSA) is 49.4 Å². The monoisotopic (exact) mass is 366 g/mol. The molecule has 4 nitrogen and oxygen atoms in total. The molecule has 1 fully saturated rings. The second-order valence-corrected chi connectivity index (χ2v) is 5.92. The number of para-hydroxylation sites is 1. The van der Waals surface area contributed by atoms with Gasteiger partial charge in [-0.05, 0) is 30.3 Å². The van der Waals surface area contributed by atoms with Gasteiger partial charge in [0.25, 0.3) is 0 Å². The van der Waals surface area contributed by atoms with Crippen LogP contribution in [-0.4, -0.2) is 18.4 Å². The van der Waals surface area contributed by atoms with Crippen molar-refractivity contribution >= 4 is 23.2 Å². The average Bonchev–Trinajstić information content (AvgIpc) is 2.97. The lowest BCUT2D eigenvalue weighted by atomic mass is 10.1. The molecular weight excluding hydrogens is 352 g/mol. The normalized spacial score (nSPS) is 17.5. The number of hydrogen-bond donors (Lipinski definition) is 1. The van der Waals surface area contributed by atoms with Gasteiger partial charge in [-0.3, -0.25) is 9.59 Å². The first-order chi connectivity index (χ1) is 12.3. The van der Waals surface area contributed by atoms with Crippen molar-refractivity contribution in [2.45, 2.75) is 12.6 Å². The lowest BCUT2D eigenvalue weighted by Crippen LogP contribution is -2.28. The SMILES string of the molecule is O=C(Nc1cccc(C(F)(F)F)c1)[C@@H]1CC(=O)N(c2ccccc2F)C1. The van der Waals surface area contributed by atoms with Crippen LogP contribution in [0.4, 0.5) is 28.9 Å². The van der Waals surface area contributed by atoms with Gasteiger partial charge in [0.15, 0.2) is 0 Å². The number of benzene rings is 2. The molecule has 0 unspecified atom stereocenters. The van der Waals surface area contributed by atoms with Crippen molar-refractivity contribution in [3.63, 3.8) is 0 Å². The molecule has 8 heteroatoms. The number of anilines is 2. The Morgan fingerprint density at radius 2 is 1.85 bits per heavy atom. The van der Waals surface area contributed by atoms with Crippen LogP contribution < -0.4 is 10.2 Å². The summed E-state index contributed by atoms with van der Waals surface area (Å²) in [5.74, 6) is -2.37. The third-order valence-corrected chi connectivity index (χ3v) is 4.10. The third kappa shape index (κ3) is 3.68. The number of amides is 2. The third-order valence-electron chi connectivity index (χ3n) is 4.10. The maximum Gasteiger partial charge on any atom is 0.416 e. The second-order valence-electron chi connectivity index (χ2n) is 5.92. The maximum absolute atomic E-state index is 13.8. The number of carbonyl (C=O) groups excluding carboxylic acids is 2. The van der Waals surface area contributed by atoms with E-state index in [0.29, 0.717) is 0 Å². The van der Waals surface area contributed by atoms with Crippen LogP contribution in [0.5, 0.6) is 0 Å². The lowest BCUT2D eigenvalue weighted by Gasteiger charge is -2.17. The number of rotatable bonds is 3. The van der Waals surface area contributed by atoms with E-state index < -0.39 is 35.3 Å². The number of nitrogens with zero attached hydrogens (tertiary/aromatic N) is 1. The van der Waals surface area contributed by atoms with Crippen LogP contribution in [0, 0.1) is 11.7 Å². The average molecular weight is 366 g/mol. The van der Waals surface area contributed by atoms with Crippen LogP contribution in [0.15, 0.2) is 48.5 Å². The summed E-state index contributed by atoms with van der Waals surface area (Å²) in [6.07, 6.45) is -4.66. The molecule has 0 radical (unpaired) electrons. The van der Waals surface area contributed by atoms with Crippen LogP contribution in [0.1, 0.15) is 12.0 Å². The Kier molecular flexibility index (Phi) is 4.67. The van der Waals surface area contributed by atoms with E-state index in [2.05, 4.69) is 5.32 Å². The van der Waals surface area contributed by atoms with E-state index in [1.54, 1.807) is 6.07 Å². The fraction of sp³-hybridized carbons (Fsp3) is 0.222. The van der Waals surface area contributed by atoms with Gasteiger partial charge in [-0.25, -0.2) is 4.39 Å². The number of alkyl halides is 3. The molecule has 1 aliphatic heterocycles. The van der Waals surface area contributed by atoms with E-state index in [4.69, 9.17) is 0 Å². The molecule has 0 bridgehead atoms. The highest BCUT2D eigenvalue weighted by Gasteiger charge is 2.36. The Morgan fingerprint density at radius 3 is 2.54 bits per heavy atom. The summed E-state index contributed by atoms with van der Waals surface area (Å²) in [6, 6.07) is 9.93. The second kappa shape index (κ2) is 6.78. The number of carbonyl (C=O) groups is 2. The quantitative estimate of drug-likeness (QED) is 0.840. The molecule has 1 saturated heterocycles. The molecule has 1 heterocycles. The zero-order valence-electron chi connectivity index (χ0n) is 13.4. The Balaban J connectivity index is 1.72. The van der Waals surface area contributed by atoms with E-state index in [1.165, 1.54) is 35.2 Å². The zero-order chi connectivity index (χ0) is 18.9. The standard InChI is InChI=1S/C18H14F4N2O2/c19-14-6-1-2-7-15(14)24-10-11(8-16(24)25)17(26)23-13-5-3-4-12(9-13)18(20,21)22/h1-7,9,11H,8,10H2,(H,23,26)/t11-/m1/s1. The maximum atomic E-state index is 13.8. The summed E-state index contributed by atoms with van der Waals surface area (Å²) in [5.41, 5.74) is -0.820. The molecule has 0 aromatic heterocycles. The summed E-state index contributed by atoms with van der Waals surface area (Å²) in [5, 5.41) is 2.39. The molecule has 1 N–H and O–H groups in total. The van der Waals surface area contributed by atoms with Gasteiger partial charge in [-0.1, -0.05) is 18.2 Å². The number of halogens is 4. The predicted octanol–water partition coefficient (Wildman–Crippen LogP) is 3.84. The van der Waals surface area contributed by atoms with Gasteiger partial charge < -0.3 is 10.2 Å². The molecule has 0 aliphatic carbocycles. The highest BCUT2D eigenvalue weighted by molar-refractivity contribution is 6.03. The summed E-state index contributed by atoms with van der Waals surface area (Å²) in [4.78, 5) is 25.6. The van der Waals surface area contributed by atoms with Crippen molar-refractivity contribution in [1.82, 2.24) is 0 Å². The van der Waals surface area contributed by atoms with Crippen molar-refractivity contribution in [3.05, 3.63) is 59.9 Å². The Hall–Kier alpha value is -2.90. The summed E-state index contributed by atoms with van der Waals surface area (Å²) >= 11 is 0. The van der Waals surface area contributed by atoms with Crippen LogP contribution in [-0.2, 0) is 15.8 Å². The first-order valence-corrected chi connectivity index (χ1v) is 7.79.